The van der Waals surface area contributed by atoms with Crippen LogP contribution in [0.4, 0.5) is 0 Å². The number of methoxy groups -OCH3 is 1. The Labute approximate surface area is 131 Å². The van der Waals surface area contributed by atoms with Crippen molar-refractivity contribution in [3.8, 4) is 11.8 Å². The zero-order valence-corrected chi connectivity index (χ0v) is 14.0. The van der Waals surface area contributed by atoms with Gasteiger partial charge in [-0.2, -0.15) is 0 Å². The van der Waals surface area contributed by atoms with E-state index in [4.69, 9.17) is 0 Å². The molecule has 0 aliphatic rings. The lowest BCUT2D eigenvalue weighted by Crippen LogP contribution is -1.99. The van der Waals surface area contributed by atoms with Gasteiger partial charge in [0.1, 0.15) is 0 Å². The molecule has 0 heterocycles. The van der Waals surface area contributed by atoms with Gasteiger partial charge in [-0.3, -0.25) is 4.79 Å². The molecule has 21 heavy (non-hydrogen) atoms. The molecular formula is C19H32O2. The summed E-state index contributed by atoms with van der Waals surface area (Å²) in [5, 5.41) is 0. The Morgan fingerprint density at radius 2 is 1.48 bits per heavy atom. The molecule has 0 unspecified atom stereocenters. The number of carbonyl (C=O) groups is 1. The van der Waals surface area contributed by atoms with E-state index in [0.717, 1.165) is 32.1 Å². The first kappa shape index (κ1) is 19.8. The van der Waals surface area contributed by atoms with Crippen molar-refractivity contribution in [3.05, 3.63) is 12.2 Å². The third kappa shape index (κ3) is 16.7. The van der Waals surface area contributed by atoms with Gasteiger partial charge in [-0.1, -0.05) is 50.7 Å². The Hall–Kier alpha value is -1.23. The highest BCUT2D eigenvalue weighted by atomic mass is 16.5. The van der Waals surface area contributed by atoms with Gasteiger partial charge in [-0.05, 0) is 26.2 Å². The van der Waals surface area contributed by atoms with E-state index in [9.17, 15) is 4.79 Å². The van der Waals surface area contributed by atoms with Crippen molar-refractivity contribution >= 4 is 5.97 Å². The van der Waals surface area contributed by atoms with Crippen molar-refractivity contribution in [1.29, 1.82) is 0 Å². The Bertz CT molecular complexity index is 320. The summed E-state index contributed by atoms with van der Waals surface area (Å²) in [6.07, 6.45) is 17.7. The zero-order valence-electron chi connectivity index (χ0n) is 14.0. The normalized spacial score (nSPS) is 10.4. The molecule has 0 rings (SSSR count). The van der Waals surface area contributed by atoms with Crippen molar-refractivity contribution in [1.82, 2.24) is 0 Å². The minimum atomic E-state index is -0.0816. The topological polar surface area (TPSA) is 26.3 Å². The SMILES string of the molecule is C/C=C\CCC#CCCCCCCCCCCC(=O)OC. The summed E-state index contributed by atoms with van der Waals surface area (Å²) in [5.41, 5.74) is 0. The summed E-state index contributed by atoms with van der Waals surface area (Å²) < 4.78 is 4.62. The average Bonchev–Trinajstić information content (AvgIpc) is 2.50. The lowest BCUT2D eigenvalue weighted by Gasteiger charge is -2.01. The van der Waals surface area contributed by atoms with Crippen LogP contribution in [0.2, 0.25) is 0 Å². The Morgan fingerprint density at radius 1 is 0.905 bits per heavy atom. The first-order chi connectivity index (χ1) is 10.3. The maximum Gasteiger partial charge on any atom is 0.305 e. The molecule has 0 aromatic carbocycles. The first-order valence-corrected chi connectivity index (χ1v) is 8.45. The van der Waals surface area contributed by atoms with Crippen LogP contribution in [0.15, 0.2) is 12.2 Å². The summed E-state index contributed by atoms with van der Waals surface area (Å²) in [6.45, 7) is 2.05. The van der Waals surface area contributed by atoms with E-state index in [2.05, 4.69) is 28.7 Å². The van der Waals surface area contributed by atoms with Crippen LogP contribution in [0.3, 0.4) is 0 Å². The summed E-state index contributed by atoms with van der Waals surface area (Å²) in [5.74, 6) is 6.39. The predicted octanol–water partition coefficient (Wildman–Crippen LogP) is 5.42. The Morgan fingerprint density at radius 3 is 2.10 bits per heavy atom. The minimum Gasteiger partial charge on any atom is -0.469 e. The monoisotopic (exact) mass is 292 g/mol. The molecule has 0 amide bonds. The highest BCUT2D eigenvalue weighted by Crippen LogP contribution is 2.10. The molecule has 0 aromatic heterocycles. The second kappa shape index (κ2) is 16.8. The maximum absolute atomic E-state index is 10.9. The zero-order chi connectivity index (χ0) is 15.6. The molecule has 120 valence electrons. The van der Waals surface area contributed by atoms with Crippen LogP contribution in [0.5, 0.6) is 0 Å². The number of esters is 1. The van der Waals surface area contributed by atoms with Crippen LogP contribution in [-0.4, -0.2) is 13.1 Å². The van der Waals surface area contributed by atoms with Gasteiger partial charge in [0.05, 0.1) is 7.11 Å². The van der Waals surface area contributed by atoms with Crippen molar-refractivity contribution in [2.24, 2.45) is 0 Å². The number of unbranched alkanes of at least 4 members (excludes halogenated alkanes) is 9. The van der Waals surface area contributed by atoms with Crippen LogP contribution in [0.25, 0.3) is 0 Å². The van der Waals surface area contributed by atoms with E-state index < -0.39 is 0 Å². The fourth-order valence-corrected chi connectivity index (χ4v) is 2.14. The van der Waals surface area contributed by atoms with Gasteiger partial charge >= 0.3 is 5.97 Å². The summed E-state index contributed by atoms with van der Waals surface area (Å²) in [6, 6.07) is 0. The van der Waals surface area contributed by atoms with Crippen molar-refractivity contribution < 1.29 is 9.53 Å². The predicted molar refractivity (Wildman–Crippen MR) is 90.0 cm³/mol. The molecule has 0 aromatic rings. The third-order valence-corrected chi connectivity index (χ3v) is 3.46. The summed E-state index contributed by atoms with van der Waals surface area (Å²) in [7, 11) is 1.45. The molecule has 0 saturated heterocycles. The second-order valence-electron chi connectivity index (χ2n) is 5.37. The lowest BCUT2D eigenvalue weighted by molar-refractivity contribution is -0.140. The Balaban J connectivity index is 3.13. The molecule has 0 aliphatic carbocycles. The van der Waals surface area contributed by atoms with Crippen LogP contribution in [0, 0.1) is 11.8 Å². The summed E-state index contributed by atoms with van der Waals surface area (Å²) >= 11 is 0. The van der Waals surface area contributed by atoms with Gasteiger partial charge in [-0.15, -0.1) is 11.8 Å². The van der Waals surface area contributed by atoms with Gasteiger partial charge < -0.3 is 4.74 Å². The maximum atomic E-state index is 10.9. The van der Waals surface area contributed by atoms with E-state index >= 15 is 0 Å². The van der Waals surface area contributed by atoms with Crippen molar-refractivity contribution in [2.45, 2.75) is 84.0 Å². The Kier molecular flexibility index (Phi) is 15.8. The quantitative estimate of drug-likeness (QED) is 0.208. The van der Waals surface area contributed by atoms with E-state index in [0.29, 0.717) is 6.42 Å². The fraction of sp³-hybridized carbons (Fsp3) is 0.737. The lowest BCUT2D eigenvalue weighted by atomic mass is 10.1. The molecular weight excluding hydrogens is 260 g/mol. The highest BCUT2D eigenvalue weighted by Gasteiger charge is 1.98. The highest BCUT2D eigenvalue weighted by molar-refractivity contribution is 5.68. The number of allylic oxidation sites excluding steroid dienone is 2. The molecule has 0 bridgehead atoms. The number of ether oxygens (including phenoxy) is 1. The van der Waals surface area contributed by atoms with Crippen LogP contribution < -0.4 is 0 Å². The molecule has 0 aliphatic heterocycles. The van der Waals surface area contributed by atoms with Crippen LogP contribution in [0.1, 0.15) is 84.0 Å². The first-order valence-electron chi connectivity index (χ1n) is 8.45. The van der Waals surface area contributed by atoms with Gasteiger partial charge in [-0.25, -0.2) is 0 Å². The van der Waals surface area contributed by atoms with E-state index in [1.54, 1.807) is 0 Å². The number of hydrogen-bond donors (Lipinski definition) is 0. The standard InChI is InChI=1S/C19H32O2/c1-3-4-5-6-7-8-9-10-11-12-13-14-15-16-17-18-19(20)21-2/h3-4H,5-6,9-18H2,1-2H3/b4-3-. The molecule has 0 fully saturated rings. The van der Waals surface area contributed by atoms with Crippen molar-refractivity contribution in [3.63, 3.8) is 0 Å². The third-order valence-electron chi connectivity index (χ3n) is 3.46. The smallest absolute Gasteiger partial charge is 0.305 e. The number of hydrogen-bond acceptors (Lipinski definition) is 2. The van der Waals surface area contributed by atoms with E-state index in [1.807, 2.05) is 6.92 Å². The molecule has 2 nitrogen and oxygen atoms in total. The van der Waals surface area contributed by atoms with E-state index in [-0.39, 0.29) is 5.97 Å². The number of carbonyl (C=O) groups excluding carboxylic acids is 1. The molecule has 0 saturated carbocycles. The molecule has 0 radical (unpaired) electrons. The summed E-state index contributed by atoms with van der Waals surface area (Å²) in [4.78, 5) is 10.9. The van der Waals surface area contributed by atoms with Gasteiger partial charge in [0, 0.05) is 19.3 Å². The van der Waals surface area contributed by atoms with Gasteiger partial charge in [0.15, 0.2) is 0 Å². The fourth-order valence-electron chi connectivity index (χ4n) is 2.14. The number of rotatable bonds is 12. The largest absolute Gasteiger partial charge is 0.469 e. The minimum absolute atomic E-state index is 0.0816. The average molecular weight is 292 g/mol. The second-order valence-corrected chi connectivity index (χ2v) is 5.37. The van der Waals surface area contributed by atoms with Crippen LogP contribution >= 0.6 is 0 Å². The molecule has 0 N–H and O–H groups in total. The molecule has 2 heteroatoms. The van der Waals surface area contributed by atoms with Crippen LogP contribution in [-0.2, 0) is 9.53 Å². The van der Waals surface area contributed by atoms with Crippen molar-refractivity contribution in [2.75, 3.05) is 7.11 Å². The molecule has 0 spiro atoms. The van der Waals surface area contributed by atoms with Gasteiger partial charge in [0.2, 0.25) is 0 Å². The van der Waals surface area contributed by atoms with E-state index in [1.165, 1.54) is 45.6 Å². The molecule has 0 atom stereocenters. The van der Waals surface area contributed by atoms with Gasteiger partial charge in [0.25, 0.3) is 0 Å².